The van der Waals surface area contributed by atoms with Crippen LogP contribution in [-0.4, -0.2) is 17.7 Å². The number of hydrogen-bond acceptors (Lipinski definition) is 3. The molecule has 0 aromatic heterocycles. The van der Waals surface area contributed by atoms with Crippen molar-refractivity contribution in [1.29, 1.82) is 0 Å². The predicted molar refractivity (Wildman–Crippen MR) is 89.0 cm³/mol. The zero-order valence-electron chi connectivity index (χ0n) is 13.0. The summed E-state index contributed by atoms with van der Waals surface area (Å²) in [6.07, 6.45) is 0.0168. The molecule has 0 aliphatic heterocycles. The summed E-state index contributed by atoms with van der Waals surface area (Å²) >= 11 is 0. The second-order valence-electron chi connectivity index (χ2n) is 5.01. The third-order valence-corrected chi connectivity index (χ3v) is 3.20. The molecule has 2 rings (SSSR count). The van der Waals surface area contributed by atoms with Gasteiger partial charge >= 0.3 is 6.09 Å². The Morgan fingerprint density at radius 1 is 1.17 bits per heavy atom. The summed E-state index contributed by atoms with van der Waals surface area (Å²) in [6.45, 7) is 2.53. The Hall–Kier alpha value is -2.93. The molecule has 23 heavy (non-hydrogen) atoms. The van der Waals surface area contributed by atoms with E-state index in [9.17, 15) is 9.90 Å². The molecule has 2 aromatic carbocycles. The fraction of sp³-hybridized carbons (Fsp3) is 0.211. The molecule has 0 fully saturated rings. The van der Waals surface area contributed by atoms with Crippen LogP contribution >= 0.6 is 0 Å². The Morgan fingerprint density at radius 3 is 2.70 bits per heavy atom. The number of amides is 1. The number of phenols is 1. The van der Waals surface area contributed by atoms with Crippen LogP contribution in [0.3, 0.4) is 0 Å². The van der Waals surface area contributed by atoms with Gasteiger partial charge in [0.05, 0.1) is 5.56 Å². The van der Waals surface area contributed by atoms with Crippen molar-refractivity contribution in [2.45, 2.75) is 20.0 Å². The molecule has 0 unspecified atom stereocenters. The normalized spacial score (nSPS) is 9.61. The van der Waals surface area contributed by atoms with E-state index in [1.54, 1.807) is 12.1 Å². The molecular weight excluding hydrogens is 290 g/mol. The van der Waals surface area contributed by atoms with Crippen LogP contribution in [0.1, 0.15) is 23.1 Å². The summed E-state index contributed by atoms with van der Waals surface area (Å²) in [5, 5.41) is 12.4. The first-order valence-corrected chi connectivity index (χ1v) is 7.39. The van der Waals surface area contributed by atoms with Crippen molar-refractivity contribution < 1.29 is 14.6 Å². The highest BCUT2D eigenvalue weighted by Crippen LogP contribution is 2.18. The van der Waals surface area contributed by atoms with Gasteiger partial charge in [-0.2, -0.15) is 0 Å². The van der Waals surface area contributed by atoms with E-state index in [4.69, 9.17) is 4.74 Å². The van der Waals surface area contributed by atoms with Crippen LogP contribution in [0.4, 0.5) is 4.79 Å². The summed E-state index contributed by atoms with van der Waals surface area (Å²) in [5.41, 5.74) is 2.49. The van der Waals surface area contributed by atoms with Gasteiger partial charge in [-0.25, -0.2) is 4.79 Å². The Kier molecular flexibility index (Phi) is 6.07. The lowest BCUT2D eigenvalue weighted by atomic mass is 10.1. The van der Waals surface area contributed by atoms with Crippen molar-refractivity contribution in [1.82, 2.24) is 5.32 Å². The SMILES string of the molecule is Cc1cccc(O)c1C#CCCNC(=O)OCc1ccccc1. The minimum Gasteiger partial charge on any atom is -0.507 e. The number of carbonyl (C=O) groups is 1. The lowest BCUT2D eigenvalue weighted by Crippen LogP contribution is -2.24. The minimum atomic E-state index is -0.464. The molecule has 0 aliphatic rings. The van der Waals surface area contributed by atoms with Gasteiger partial charge < -0.3 is 15.2 Å². The Bertz CT molecular complexity index is 694. The Balaban J connectivity index is 1.71. The third-order valence-electron chi connectivity index (χ3n) is 3.20. The number of alkyl carbamates (subject to hydrolysis) is 1. The first kappa shape index (κ1) is 16.4. The monoisotopic (exact) mass is 309 g/mol. The van der Waals surface area contributed by atoms with Crippen molar-refractivity contribution in [2.75, 3.05) is 6.54 Å². The molecule has 0 bridgehead atoms. The van der Waals surface area contributed by atoms with Crippen LogP contribution in [0.5, 0.6) is 5.75 Å². The van der Waals surface area contributed by atoms with Crippen molar-refractivity contribution in [3.05, 3.63) is 65.2 Å². The number of aryl methyl sites for hydroxylation is 1. The van der Waals surface area contributed by atoms with Crippen LogP contribution in [0.15, 0.2) is 48.5 Å². The standard InChI is InChI=1S/C19H19NO3/c1-15-8-7-12-18(21)17(15)11-5-6-13-20-19(22)23-14-16-9-3-2-4-10-16/h2-4,7-10,12,21H,6,13-14H2,1H3,(H,20,22). The van der Waals surface area contributed by atoms with Crippen LogP contribution in [-0.2, 0) is 11.3 Å². The van der Waals surface area contributed by atoms with Crippen LogP contribution in [0.2, 0.25) is 0 Å². The van der Waals surface area contributed by atoms with E-state index >= 15 is 0 Å². The van der Waals surface area contributed by atoms with Gasteiger partial charge in [-0.1, -0.05) is 54.3 Å². The fourth-order valence-electron chi connectivity index (χ4n) is 1.97. The minimum absolute atomic E-state index is 0.174. The van der Waals surface area contributed by atoms with Gasteiger partial charge in [-0.05, 0) is 24.1 Å². The quantitative estimate of drug-likeness (QED) is 0.672. The number of aromatic hydroxyl groups is 1. The number of rotatable bonds is 4. The maximum Gasteiger partial charge on any atom is 0.407 e. The number of ether oxygens (including phenoxy) is 1. The zero-order chi connectivity index (χ0) is 16.5. The van der Waals surface area contributed by atoms with E-state index in [0.29, 0.717) is 18.5 Å². The van der Waals surface area contributed by atoms with Gasteiger partial charge in [0, 0.05) is 13.0 Å². The Labute approximate surface area is 136 Å². The number of nitrogens with one attached hydrogen (secondary N) is 1. The summed E-state index contributed by atoms with van der Waals surface area (Å²) in [5.74, 6) is 6.03. The van der Waals surface area contributed by atoms with Crippen LogP contribution < -0.4 is 5.32 Å². The second kappa shape index (κ2) is 8.50. The molecular formula is C19H19NO3. The van der Waals surface area contributed by atoms with Gasteiger partial charge in [0.15, 0.2) is 0 Å². The highest BCUT2D eigenvalue weighted by Gasteiger charge is 2.01. The molecule has 4 nitrogen and oxygen atoms in total. The molecule has 0 radical (unpaired) electrons. The van der Waals surface area contributed by atoms with Crippen LogP contribution in [0, 0.1) is 18.8 Å². The molecule has 0 aliphatic carbocycles. The molecule has 4 heteroatoms. The van der Waals surface area contributed by atoms with Gasteiger partial charge in [0.2, 0.25) is 0 Å². The lowest BCUT2D eigenvalue weighted by molar-refractivity contribution is 0.140. The molecule has 0 spiro atoms. The average molecular weight is 309 g/mol. The zero-order valence-corrected chi connectivity index (χ0v) is 13.0. The van der Waals surface area contributed by atoms with E-state index in [2.05, 4.69) is 17.2 Å². The van der Waals surface area contributed by atoms with Gasteiger partial charge in [-0.15, -0.1) is 0 Å². The van der Waals surface area contributed by atoms with E-state index in [1.165, 1.54) is 0 Å². The van der Waals surface area contributed by atoms with E-state index in [-0.39, 0.29) is 12.4 Å². The van der Waals surface area contributed by atoms with Crippen LogP contribution in [0.25, 0.3) is 0 Å². The molecule has 0 heterocycles. The highest BCUT2D eigenvalue weighted by molar-refractivity contribution is 5.67. The molecule has 2 N–H and O–H groups in total. The number of hydrogen-bond donors (Lipinski definition) is 2. The van der Waals surface area contributed by atoms with Gasteiger partial charge in [-0.3, -0.25) is 0 Å². The van der Waals surface area contributed by atoms with E-state index < -0.39 is 6.09 Å². The maximum atomic E-state index is 11.5. The lowest BCUT2D eigenvalue weighted by Gasteiger charge is -2.05. The smallest absolute Gasteiger partial charge is 0.407 e. The summed E-state index contributed by atoms with van der Waals surface area (Å²) in [6, 6.07) is 14.8. The second-order valence-corrected chi connectivity index (χ2v) is 5.01. The van der Waals surface area contributed by atoms with Crippen molar-refractivity contribution in [2.24, 2.45) is 0 Å². The largest absolute Gasteiger partial charge is 0.507 e. The predicted octanol–water partition coefficient (Wildman–Crippen LogP) is 3.37. The fourth-order valence-corrected chi connectivity index (χ4v) is 1.97. The van der Waals surface area contributed by atoms with E-state index in [1.807, 2.05) is 43.3 Å². The molecule has 0 saturated heterocycles. The van der Waals surface area contributed by atoms with Crippen molar-refractivity contribution in [3.8, 4) is 17.6 Å². The first-order valence-electron chi connectivity index (χ1n) is 7.39. The first-order chi connectivity index (χ1) is 11.2. The molecule has 1 amide bonds. The topological polar surface area (TPSA) is 58.6 Å². The third kappa shape index (κ3) is 5.40. The maximum absolute atomic E-state index is 11.5. The summed E-state index contributed by atoms with van der Waals surface area (Å²) in [4.78, 5) is 11.5. The van der Waals surface area contributed by atoms with Crippen molar-refractivity contribution >= 4 is 6.09 Å². The van der Waals surface area contributed by atoms with Gasteiger partial charge in [0.25, 0.3) is 0 Å². The summed E-state index contributed by atoms with van der Waals surface area (Å²) in [7, 11) is 0. The average Bonchev–Trinajstić information content (AvgIpc) is 2.56. The molecule has 2 aromatic rings. The molecule has 118 valence electrons. The molecule has 0 atom stereocenters. The van der Waals surface area contributed by atoms with Gasteiger partial charge in [0.1, 0.15) is 12.4 Å². The summed E-state index contributed by atoms with van der Waals surface area (Å²) < 4.78 is 5.09. The van der Waals surface area contributed by atoms with E-state index in [0.717, 1.165) is 11.1 Å². The number of phenolic OH excluding ortho intramolecular Hbond substituents is 1. The van der Waals surface area contributed by atoms with Crippen molar-refractivity contribution in [3.63, 3.8) is 0 Å². The highest BCUT2D eigenvalue weighted by atomic mass is 16.5. The molecule has 0 saturated carbocycles. The number of carbonyl (C=O) groups excluding carboxylic acids is 1. The Morgan fingerprint density at radius 2 is 1.96 bits per heavy atom. The number of benzene rings is 2.